The van der Waals surface area contributed by atoms with Crippen molar-refractivity contribution in [3.05, 3.63) is 0 Å². The molecular formula is C9H22N2O3S. The molecule has 0 aromatic heterocycles. The quantitative estimate of drug-likeness (QED) is 0.786. The average molecular weight is 238 g/mol. The van der Waals surface area contributed by atoms with Crippen molar-refractivity contribution >= 4 is 10.3 Å². The van der Waals surface area contributed by atoms with Gasteiger partial charge in [0.25, 0.3) is 0 Å². The third-order valence-electron chi connectivity index (χ3n) is 2.18. The van der Waals surface area contributed by atoms with Gasteiger partial charge >= 0.3 is 10.3 Å². The number of nitrogens with zero attached hydrogens (tertiary/aromatic N) is 1. The zero-order valence-electron chi connectivity index (χ0n) is 9.77. The van der Waals surface area contributed by atoms with Crippen LogP contribution in [0.4, 0.5) is 0 Å². The Morgan fingerprint density at radius 1 is 1.47 bits per heavy atom. The molecule has 1 atom stereocenters. The first-order valence-electron chi connectivity index (χ1n) is 5.44. The summed E-state index contributed by atoms with van der Waals surface area (Å²) in [5, 5.41) is 4.78. The van der Waals surface area contributed by atoms with Gasteiger partial charge in [-0.25, -0.2) is 5.14 Å². The summed E-state index contributed by atoms with van der Waals surface area (Å²) in [5.74, 6) is 0. The Morgan fingerprint density at radius 2 is 2.07 bits per heavy atom. The Bertz CT molecular complexity index is 254. The number of hydrogen-bond acceptors (Lipinski definition) is 4. The lowest BCUT2D eigenvalue weighted by Gasteiger charge is -2.30. The molecule has 1 fully saturated rings. The van der Waals surface area contributed by atoms with Crippen LogP contribution >= 0.6 is 0 Å². The first kappa shape index (κ1) is 14.8. The van der Waals surface area contributed by atoms with Crippen LogP contribution in [0.1, 0.15) is 33.6 Å². The predicted octanol–water partition coefficient (Wildman–Crippen LogP) is 0.717. The molecule has 15 heavy (non-hydrogen) atoms. The molecule has 0 aliphatic carbocycles. The Labute approximate surface area is 92.8 Å². The van der Waals surface area contributed by atoms with Gasteiger partial charge in [-0.15, -0.1) is 0 Å². The third-order valence-corrected chi connectivity index (χ3v) is 2.72. The standard InChI is InChI=1S/C7H16N2O3S.C2H6/c1-2-9-5-3-4-7(6-9)12-13(8,10)11;1-2/h7H,2-6H2,1H3,(H2,8,10,11);1-2H3. The van der Waals surface area contributed by atoms with E-state index < -0.39 is 10.3 Å². The van der Waals surface area contributed by atoms with Crippen LogP contribution in [0, 0.1) is 0 Å². The van der Waals surface area contributed by atoms with Crippen LogP contribution in [-0.2, 0) is 14.5 Å². The molecule has 0 bridgehead atoms. The van der Waals surface area contributed by atoms with E-state index in [1.807, 2.05) is 20.8 Å². The molecule has 0 spiro atoms. The Kier molecular flexibility index (Phi) is 7.08. The molecule has 0 aromatic rings. The van der Waals surface area contributed by atoms with E-state index in [9.17, 15) is 8.42 Å². The zero-order chi connectivity index (χ0) is 11.9. The lowest BCUT2D eigenvalue weighted by atomic mass is 10.1. The SMILES string of the molecule is CC.CCN1CCCC(OS(N)(=O)=O)C1. The van der Waals surface area contributed by atoms with E-state index in [4.69, 9.17) is 9.32 Å². The monoisotopic (exact) mass is 238 g/mol. The second kappa shape index (κ2) is 7.16. The van der Waals surface area contributed by atoms with Crippen LogP contribution in [0.2, 0.25) is 0 Å². The van der Waals surface area contributed by atoms with Crippen LogP contribution in [0.25, 0.3) is 0 Å². The van der Waals surface area contributed by atoms with Gasteiger partial charge in [0.2, 0.25) is 0 Å². The van der Waals surface area contributed by atoms with Gasteiger partial charge in [0, 0.05) is 6.54 Å². The molecule has 0 aromatic carbocycles. The number of likely N-dealkylation sites (tertiary alicyclic amines) is 1. The zero-order valence-corrected chi connectivity index (χ0v) is 10.6. The summed E-state index contributed by atoms with van der Waals surface area (Å²) in [6, 6.07) is 0. The van der Waals surface area contributed by atoms with Crippen molar-refractivity contribution in [2.45, 2.75) is 39.7 Å². The second-order valence-corrected chi connectivity index (χ2v) is 4.42. The fourth-order valence-electron chi connectivity index (χ4n) is 1.57. The molecule has 5 nitrogen and oxygen atoms in total. The molecule has 0 amide bonds. The van der Waals surface area contributed by atoms with Crippen molar-refractivity contribution in [3.8, 4) is 0 Å². The Morgan fingerprint density at radius 3 is 2.53 bits per heavy atom. The molecule has 1 saturated heterocycles. The topological polar surface area (TPSA) is 72.6 Å². The summed E-state index contributed by atoms with van der Waals surface area (Å²) in [5.41, 5.74) is 0. The maximum atomic E-state index is 10.6. The van der Waals surface area contributed by atoms with Crippen molar-refractivity contribution in [2.75, 3.05) is 19.6 Å². The lowest BCUT2D eigenvalue weighted by molar-refractivity contribution is 0.0970. The number of nitrogens with two attached hydrogens (primary N) is 1. The van der Waals surface area contributed by atoms with E-state index in [0.717, 1.165) is 25.9 Å². The minimum Gasteiger partial charge on any atom is -0.301 e. The van der Waals surface area contributed by atoms with Gasteiger partial charge < -0.3 is 4.90 Å². The van der Waals surface area contributed by atoms with Crippen LogP contribution in [0.15, 0.2) is 0 Å². The second-order valence-electron chi connectivity index (χ2n) is 3.25. The van der Waals surface area contributed by atoms with Gasteiger partial charge in [0.05, 0.1) is 6.10 Å². The normalized spacial score (nSPS) is 23.1. The summed E-state index contributed by atoms with van der Waals surface area (Å²) in [4.78, 5) is 2.15. The Balaban J connectivity index is 0.000000921. The highest BCUT2D eigenvalue weighted by molar-refractivity contribution is 7.84. The number of likely N-dealkylation sites (N-methyl/N-ethyl adjacent to an activating group) is 1. The summed E-state index contributed by atoms with van der Waals surface area (Å²) >= 11 is 0. The lowest BCUT2D eigenvalue weighted by Crippen LogP contribution is -2.41. The summed E-state index contributed by atoms with van der Waals surface area (Å²) in [6.45, 7) is 8.64. The van der Waals surface area contributed by atoms with Crippen LogP contribution in [0.3, 0.4) is 0 Å². The molecule has 1 heterocycles. The van der Waals surface area contributed by atoms with Gasteiger partial charge in [0.1, 0.15) is 0 Å². The first-order valence-corrected chi connectivity index (χ1v) is 6.92. The van der Waals surface area contributed by atoms with Gasteiger partial charge in [-0.3, -0.25) is 4.18 Å². The van der Waals surface area contributed by atoms with E-state index in [1.54, 1.807) is 0 Å². The molecule has 1 rings (SSSR count). The predicted molar refractivity (Wildman–Crippen MR) is 60.7 cm³/mol. The molecule has 1 unspecified atom stereocenters. The molecule has 1 aliphatic heterocycles. The number of rotatable bonds is 3. The van der Waals surface area contributed by atoms with E-state index in [-0.39, 0.29) is 6.10 Å². The highest BCUT2D eigenvalue weighted by Gasteiger charge is 2.22. The van der Waals surface area contributed by atoms with E-state index in [0.29, 0.717) is 6.54 Å². The minimum absolute atomic E-state index is 0.260. The average Bonchev–Trinajstić information content (AvgIpc) is 2.19. The number of hydrogen-bond donors (Lipinski definition) is 1. The van der Waals surface area contributed by atoms with Crippen molar-refractivity contribution in [1.29, 1.82) is 0 Å². The Hall–Kier alpha value is -0.170. The molecular weight excluding hydrogens is 216 g/mol. The van der Waals surface area contributed by atoms with Crippen molar-refractivity contribution in [1.82, 2.24) is 4.90 Å². The molecule has 0 saturated carbocycles. The highest BCUT2D eigenvalue weighted by Crippen LogP contribution is 2.13. The highest BCUT2D eigenvalue weighted by atomic mass is 32.2. The van der Waals surface area contributed by atoms with Gasteiger partial charge in [-0.1, -0.05) is 20.8 Å². The van der Waals surface area contributed by atoms with Crippen LogP contribution in [-0.4, -0.2) is 39.1 Å². The van der Waals surface area contributed by atoms with Crippen molar-refractivity contribution in [3.63, 3.8) is 0 Å². The minimum atomic E-state index is -3.78. The molecule has 2 N–H and O–H groups in total. The molecule has 6 heteroatoms. The summed E-state index contributed by atoms with van der Waals surface area (Å²) in [6.07, 6.45) is 1.48. The maximum Gasteiger partial charge on any atom is 0.333 e. The first-order chi connectivity index (χ1) is 7.01. The summed E-state index contributed by atoms with van der Waals surface area (Å²) < 4.78 is 26.0. The molecule has 92 valence electrons. The van der Waals surface area contributed by atoms with E-state index >= 15 is 0 Å². The van der Waals surface area contributed by atoms with Crippen LogP contribution < -0.4 is 5.14 Å². The van der Waals surface area contributed by atoms with Gasteiger partial charge in [-0.05, 0) is 25.9 Å². The third kappa shape index (κ3) is 6.83. The largest absolute Gasteiger partial charge is 0.333 e. The maximum absolute atomic E-state index is 10.6. The molecule has 0 radical (unpaired) electrons. The number of piperidine rings is 1. The van der Waals surface area contributed by atoms with Crippen molar-refractivity contribution < 1.29 is 12.6 Å². The fraction of sp³-hybridized carbons (Fsp3) is 1.00. The summed E-state index contributed by atoms with van der Waals surface area (Å²) in [7, 11) is -3.78. The van der Waals surface area contributed by atoms with Crippen LogP contribution in [0.5, 0.6) is 0 Å². The van der Waals surface area contributed by atoms with E-state index in [1.165, 1.54) is 0 Å². The fourth-order valence-corrected chi connectivity index (χ4v) is 2.10. The van der Waals surface area contributed by atoms with Gasteiger partial charge in [0.15, 0.2) is 0 Å². The smallest absolute Gasteiger partial charge is 0.301 e. The molecule has 1 aliphatic rings. The van der Waals surface area contributed by atoms with E-state index in [2.05, 4.69) is 4.90 Å². The van der Waals surface area contributed by atoms with Gasteiger partial charge in [-0.2, -0.15) is 8.42 Å². The van der Waals surface area contributed by atoms with Crippen molar-refractivity contribution in [2.24, 2.45) is 5.14 Å².